The summed E-state index contributed by atoms with van der Waals surface area (Å²) in [6, 6.07) is 11.4. The van der Waals surface area contributed by atoms with Crippen LogP contribution in [0.15, 0.2) is 53.3 Å². The van der Waals surface area contributed by atoms with Crippen LogP contribution >= 0.6 is 15.9 Å². The monoisotopic (exact) mass is 306 g/mol. The van der Waals surface area contributed by atoms with E-state index in [4.69, 9.17) is 5.73 Å². The van der Waals surface area contributed by atoms with Crippen molar-refractivity contribution in [1.82, 2.24) is 4.98 Å². The average molecular weight is 307 g/mol. The molecule has 18 heavy (non-hydrogen) atoms. The van der Waals surface area contributed by atoms with Gasteiger partial charge in [0.1, 0.15) is 0 Å². The van der Waals surface area contributed by atoms with Crippen molar-refractivity contribution in [2.24, 2.45) is 5.73 Å². The molecule has 0 aliphatic rings. The lowest BCUT2D eigenvalue weighted by molar-refractivity contribution is 0.147. The van der Waals surface area contributed by atoms with E-state index in [9.17, 15) is 5.11 Å². The number of aromatic nitrogens is 1. The van der Waals surface area contributed by atoms with Gasteiger partial charge in [0.25, 0.3) is 0 Å². The molecule has 0 aliphatic carbocycles. The molecule has 2 rings (SSSR count). The molecule has 2 atom stereocenters. The summed E-state index contributed by atoms with van der Waals surface area (Å²) in [6.45, 7) is 0.390. The molecule has 3 N–H and O–H groups in total. The Morgan fingerprint density at radius 1 is 1.06 bits per heavy atom. The van der Waals surface area contributed by atoms with Crippen LogP contribution < -0.4 is 5.73 Å². The molecule has 1 aromatic carbocycles. The van der Waals surface area contributed by atoms with Gasteiger partial charge in [-0.2, -0.15) is 0 Å². The molecule has 1 aromatic heterocycles. The fourth-order valence-corrected chi connectivity index (χ4v) is 2.21. The summed E-state index contributed by atoms with van der Waals surface area (Å²) in [4.78, 5) is 3.98. The zero-order valence-corrected chi connectivity index (χ0v) is 11.4. The highest BCUT2D eigenvalue weighted by atomic mass is 79.9. The number of pyridine rings is 1. The smallest absolute Gasteiger partial charge is 0.0870 e. The van der Waals surface area contributed by atoms with Gasteiger partial charge in [0.2, 0.25) is 0 Å². The second-order valence-corrected chi connectivity index (χ2v) is 5.03. The van der Waals surface area contributed by atoms with Gasteiger partial charge in [-0.3, -0.25) is 4.98 Å². The Balaban J connectivity index is 2.25. The number of rotatable bonds is 4. The Morgan fingerprint density at radius 2 is 1.67 bits per heavy atom. The Labute approximate surface area is 115 Å². The van der Waals surface area contributed by atoms with E-state index in [0.29, 0.717) is 6.54 Å². The van der Waals surface area contributed by atoms with Gasteiger partial charge in [-0.05, 0) is 35.4 Å². The van der Waals surface area contributed by atoms with Gasteiger partial charge in [0.05, 0.1) is 6.10 Å². The number of benzene rings is 1. The number of nitrogens with zero attached hydrogens (tertiary/aromatic N) is 1. The predicted octanol–water partition coefficient (Wildman–Crippen LogP) is 2.62. The zero-order valence-electron chi connectivity index (χ0n) is 9.83. The second kappa shape index (κ2) is 6.09. The van der Waals surface area contributed by atoms with Gasteiger partial charge >= 0.3 is 0 Å². The normalized spacial score (nSPS) is 14.2. The van der Waals surface area contributed by atoms with Crippen LogP contribution in [0.1, 0.15) is 23.1 Å². The lowest BCUT2D eigenvalue weighted by atomic mass is 9.90. The van der Waals surface area contributed by atoms with Crippen LogP contribution in [0.25, 0.3) is 0 Å². The lowest BCUT2D eigenvalue weighted by Gasteiger charge is -2.22. The van der Waals surface area contributed by atoms with Crippen LogP contribution in [0.3, 0.4) is 0 Å². The maximum atomic E-state index is 10.4. The van der Waals surface area contributed by atoms with Crippen LogP contribution in [-0.2, 0) is 0 Å². The molecule has 4 heteroatoms. The van der Waals surface area contributed by atoms with Gasteiger partial charge in [-0.1, -0.05) is 28.1 Å². The van der Waals surface area contributed by atoms with Crippen molar-refractivity contribution in [1.29, 1.82) is 0 Å². The van der Waals surface area contributed by atoms with E-state index in [1.54, 1.807) is 12.4 Å². The van der Waals surface area contributed by atoms with Crippen molar-refractivity contribution in [2.75, 3.05) is 6.54 Å². The molecule has 3 nitrogen and oxygen atoms in total. The molecular formula is C14H15BrN2O. The van der Waals surface area contributed by atoms with Crippen molar-refractivity contribution < 1.29 is 5.11 Å². The standard InChI is InChI=1S/C14H15BrN2O/c15-12-3-1-11(2-4-12)14(18)13(9-16)10-5-7-17-8-6-10/h1-8,13-14,18H,9,16H2. The number of hydrogen-bond donors (Lipinski definition) is 2. The van der Waals surface area contributed by atoms with Gasteiger partial charge in [-0.15, -0.1) is 0 Å². The molecule has 0 fully saturated rings. The first kappa shape index (κ1) is 13.2. The molecule has 0 spiro atoms. The molecule has 94 valence electrons. The van der Waals surface area contributed by atoms with Gasteiger partial charge < -0.3 is 10.8 Å². The second-order valence-electron chi connectivity index (χ2n) is 4.12. The first-order valence-electron chi connectivity index (χ1n) is 5.76. The summed E-state index contributed by atoms with van der Waals surface area (Å²) in [5, 5.41) is 10.4. The van der Waals surface area contributed by atoms with Crippen molar-refractivity contribution >= 4 is 15.9 Å². The minimum atomic E-state index is -0.606. The third-order valence-electron chi connectivity index (χ3n) is 2.98. The average Bonchev–Trinajstić information content (AvgIpc) is 2.41. The number of nitrogens with two attached hydrogens (primary N) is 1. The molecule has 0 bridgehead atoms. The van der Waals surface area contributed by atoms with Crippen molar-refractivity contribution in [3.05, 3.63) is 64.4 Å². The van der Waals surface area contributed by atoms with E-state index in [-0.39, 0.29) is 5.92 Å². The minimum Gasteiger partial charge on any atom is -0.388 e. The Bertz CT molecular complexity index is 487. The summed E-state index contributed by atoms with van der Waals surface area (Å²) in [6.07, 6.45) is 2.82. The Kier molecular flexibility index (Phi) is 4.47. The fraction of sp³-hybridized carbons (Fsp3) is 0.214. The van der Waals surface area contributed by atoms with Crippen molar-refractivity contribution in [3.63, 3.8) is 0 Å². The van der Waals surface area contributed by atoms with E-state index in [2.05, 4.69) is 20.9 Å². The summed E-state index contributed by atoms with van der Waals surface area (Å²) < 4.78 is 0.992. The third-order valence-corrected chi connectivity index (χ3v) is 3.51. The Hall–Kier alpha value is -1.23. The molecule has 0 saturated carbocycles. The van der Waals surface area contributed by atoms with Gasteiger partial charge in [0, 0.05) is 29.3 Å². The number of aliphatic hydroxyl groups is 1. The largest absolute Gasteiger partial charge is 0.388 e. The summed E-state index contributed by atoms with van der Waals surface area (Å²) in [5.74, 6) is -0.117. The van der Waals surface area contributed by atoms with Crippen LogP contribution in [0.2, 0.25) is 0 Å². The molecule has 2 aromatic rings. The highest BCUT2D eigenvalue weighted by molar-refractivity contribution is 9.10. The predicted molar refractivity (Wildman–Crippen MR) is 75.1 cm³/mol. The summed E-state index contributed by atoms with van der Waals surface area (Å²) in [5.41, 5.74) is 7.65. The number of hydrogen-bond acceptors (Lipinski definition) is 3. The van der Waals surface area contributed by atoms with Crippen molar-refractivity contribution in [2.45, 2.75) is 12.0 Å². The molecule has 2 unspecified atom stereocenters. The maximum absolute atomic E-state index is 10.4. The lowest BCUT2D eigenvalue weighted by Crippen LogP contribution is -2.20. The topological polar surface area (TPSA) is 59.1 Å². The molecule has 1 heterocycles. The van der Waals surface area contributed by atoms with Crippen LogP contribution in [0.5, 0.6) is 0 Å². The van der Waals surface area contributed by atoms with Gasteiger partial charge in [-0.25, -0.2) is 0 Å². The van der Waals surface area contributed by atoms with Gasteiger partial charge in [0.15, 0.2) is 0 Å². The number of halogens is 1. The first-order valence-corrected chi connectivity index (χ1v) is 6.55. The molecular weight excluding hydrogens is 292 g/mol. The quantitative estimate of drug-likeness (QED) is 0.913. The van der Waals surface area contributed by atoms with E-state index in [1.165, 1.54) is 0 Å². The fourth-order valence-electron chi connectivity index (χ4n) is 1.95. The maximum Gasteiger partial charge on any atom is 0.0870 e. The summed E-state index contributed by atoms with van der Waals surface area (Å²) in [7, 11) is 0. The third kappa shape index (κ3) is 2.96. The van der Waals surface area contributed by atoms with E-state index in [1.807, 2.05) is 36.4 Å². The molecule has 0 amide bonds. The SMILES string of the molecule is NCC(c1ccncc1)C(O)c1ccc(Br)cc1. The first-order chi connectivity index (χ1) is 8.72. The van der Waals surface area contributed by atoms with Crippen LogP contribution in [0.4, 0.5) is 0 Å². The Morgan fingerprint density at radius 3 is 2.22 bits per heavy atom. The molecule has 0 radical (unpaired) electrons. The van der Waals surface area contributed by atoms with E-state index >= 15 is 0 Å². The van der Waals surface area contributed by atoms with E-state index in [0.717, 1.165) is 15.6 Å². The summed E-state index contributed by atoms with van der Waals surface area (Å²) >= 11 is 3.38. The number of aliphatic hydroxyl groups excluding tert-OH is 1. The minimum absolute atomic E-state index is 0.117. The van der Waals surface area contributed by atoms with Crippen LogP contribution in [0, 0.1) is 0 Å². The highest BCUT2D eigenvalue weighted by Gasteiger charge is 2.21. The zero-order chi connectivity index (χ0) is 13.0. The van der Waals surface area contributed by atoms with Crippen LogP contribution in [-0.4, -0.2) is 16.6 Å². The van der Waals surface area contributed by atoms with Crippen molar-refractivity contribution in [3.8, 4) is 0 Å². The van der Waals surface area contributed by atoms with E-state index < -0.39 is 6.10 Å². The highest BCUT2D eigenvalue weighted by Crippen LogP contribution is 2.30. The molecule has 0 aliphatic heterocycles. The molecule has 0 saturated heterocycles.